The Morgan fingerprint density at radius 1 is 1.20 bits per heavy atom. The summed E-state index contributed by atoms with van der Waals surface area (Å²) in [5.41, 5.74) is 5.70. The summed E-state index contributed by atoms with van der Waals surface area (Å²) in [6.45, 7) is 10.0. The monoisotopic (exact) mass is 362 g/mol. The number of sulfonamides is 1. The molecule has 3 N–H and O–H groups in total. The largest absolute Gasteiger partial charge is 0.398 e. The van der Waals surface area contributed by atoms with Gasteiger partial charge in [0.05, 0.1) is 4.90 Å². The minimum absolute atomic E-state index is 0.0354. The number of nitrogen functional groups attached to an aromatic ring is 1. The SMILES string of the molecule is CC(C)(C)CC(C)(C)NS(=O)(=O)c1ccc(N)c(Br)c1. The summed E-state index contributed by atoms with van der Waals surface area (Å²) >= 11 is 3.25. The molecule has 0 bridgehead atoms. The van der Waals surface area contributed by atoms with Crippen LogP contribution in [0.1, 0.15) is 41.0 Å². The second-order valence-corrected chi connectivity index (χ2v) is 9.45. The number of benzene rings is 1. The van der Waals surface area contributed by atoms with Gasteiger partial charge in [0, 0.05) is 15.7 Å². The molecule has 0 saturated heterocycles. The van der Waals surface area contributed by atoms with Gasteiger partial charge in [0.25, 0.3) is 0 Å². The number of hydrogen-bond acceptors (Lipinski definition) is 3. The maximum Gasteiger partial charge on any atom is 0.241 e. The van der Waals surface area contributed by atoms with Crippen molar-refractivity contribution in [3.05, 3.63) is 22.7 Å². The maximum absolute atomic E-state index is 12.4. The number of nitrogens with one attached hydrogen (secondary N) is 1. The van der Waals surface area contributed by atoms with Crippen LogP contribution in [0.4, 0.5) is 5.69 Å². The van der Waals surface area contributed by atoms with Crippen molar-refractivity contribution in [2.45, 2.75) is 51.5 Å². The lowest BCUT2D eigenvalue weighted by Crippen LogP contribution is -2.45. The molecule has 0 aromatic heterocycles. The summed E-state index contributed by atoms with van der Waals surface area (Å²) in [5.74, 6) is 0. The third kappa shape index (κ3) is 5.07. The highest BCUT2D eigenvalue weighted by Crippen LogP contribution is 2.29. The van der Waals surface area contributed by atoms with E-state index in [-0.39, 0.29) is 10.3 Å². The Labute approximate surface area is 130 Å². The number of halogens is 1. The molecule has 4 nitrogen and oxygen atoms in total. The average Bonchev–Trinajstić information content (AvgIpc) is 2.16. The molecule has 0 unspecified atom stereocenters. The fourth-order valence-electron chi connectivity index (χ4n) is 2.46. The van der Waals surface area contributed by atoms with E-state index in [9.17, 15) is 8.42 Å². The van der Waals surface area contributed by atoms with Crippen LogP contribution in [0.15, 0.2) is 27.6 Å². The van der Waals surface area contributed by atoms with E-state index in [1.54, 1.807) is 6.07 Å². The first-order valence-electron chi connectivity index (χ1n) is 6.41. The van der Waals surface area contributed by atoms with Gasteiger partial charge in [-0.15, -0.1) is 0 Å². The van der Waals surface area contributed by atoms with E-state index in [4.69, 9.17) is 5.73 Å². The van der Waals surface area contributed by atoms with Crippen LogP contribution >= 0.6 is 15.9 Å². The van der Waals surface area contributed by atoms with Crippen molar-refractivity contribution in [3.63, 3.8) is 0 Å². The molecule has 0 radical (unpaired) electrons. The summed E-state index contributed by atoms with van der Waals surface area (Å²) in [7, 11) is -3.57. The quantitative estimate of drug-likeness (QED) is 0.804. The molecule has 0 heterocycles. The lowest BCUT2D eigenvalue weighted by molar-refractivity contribution is 0.269. The summed E-state index contributed by atoms with van der Waals surface area (Å²) in [4.78, 5) is 0.209. The lowest BCUT2D eigenvalue weighted by atomic mass is 9.82. The number of anilines is 1. The molecule has 1 aromatic rings. The Kier molecular flexibility index (Phi) is 4.94. The van der Waals surface area contributed by atoms with E-state index in [2.05, 4.69) is 41.4 Å². The van der Waals surface area contributed by atoms with Gasteiger partial charge in [0.1, 0.15) is 0 Å². The minimum Gasteiger partial charge on any atom is -0.398 e. The van der Waals surface area contributed by atoms with Crippen LogP contribution in [0, 0.1) is 5.41 Å². The summed E-state index contributed by atoms with van der Waals surface area (Å²) < 4.78 is 28.2. The first kappa shape index (κ1) is 17.5. The number of hydrogen-bond donors (Lipinski definition) is 2. The number of rotatable bonds is 4. The highest BCUT2D eigenvalue weighted by Gasteiger charge is 2.30. The van der Waals surface area contributed by atoms with Gasteiger partial charge in [-0.1, -0.05) is 20.8 Å². The minimum atomic E-state index is -3.57. The molecular formula is C14H23BrN2O2S. The molecule has 0 aliphatic rings. The molecule has 0 spiro atoms. The summed E-state index contributed by atoms with van der Waals surface area (Å²) in [5, 5.41) is 0. The molecule has 114 valence electrons. The van der Waals surface area contributed by atoms with Gasteiger partial charge in [-0.3, -0.25) is 0 Å². The van der Waals surface area contributed by atoms with Crippen molar-refractivity contribution in [2.24, 2.45) is 5.41 Å². The van der Waals surface area contributed by atoms with Gasteiger partial charge < -0.3 is 5.73 Å². The summed E-state index contributed by atoms with van der Waals surface area (Å²) in [6, 6.07) is 4.61. The smallest absolute Gasteiger partial charge is 0.241 e. The van der Waals surface area contributed by atoms with Crippen molar-refractivity contribution in [1.29, 1.82) is 0 Å². The van der Waals surface area contributed by atoms with Crippen molar-refractivity contribution in [1.82, 2.24) is 4.72 Å². The Balaban J connectivity index is 3.03. The zero-order valence-electron chi connectivity index (χ0n) is 12.6. The molecular weight excluding hydrogens is 340 g/mol. The molecule has 6 heteroatoms. The Morgan fingerprint density at radius 3 is 2.20 bits per heavy atom. The van der Waals surface area contributed by atoms with Crippen LogP contribution < -0.4 is 10.5 Å². The average molecular weight is 363 g/mol. The zero-order chi connectivity index (χ0) is 15.8. The molecule has 0 aliphatic heterocycles. The van der Waals surface area contributed by atoms with E-state index in [1.807, 2.05) is 13.8 Å². The fraction of sp³-hybridized carbons (Fsp3) is 0.571. The normalized spacial score (nSPS) is 13.5. The Bertz CT molecular complexity index is 590. The Hall–Kier alpha value is -0.590. The van der Waals surface area contributed by atoms with Crippen molar-refractivity contribution in [2.75, 3.05) is 5.73 Å². The lowest BCUT2D eigenvalue weighted by Gasteiger charge is -2.33. The first-order valence-corrected chi connectivity index (χ1v) is 8.69. The molecule has 0 aliphatic carbocycles. The van der Waals surface area contributed by atoms with Crippen LogP contribution in [0.3, 0.4) is 0 Å². The third-order valence-electron chi connectivity index (χ3n) is 2.67. The van der Waals surface area contributed by atoms with Gasteiger partial charge >= 0.3 is 0 Å². The van der Waals surface area contributed by atoms with E-state index >= 15 is 0 Å². The highest BCUT2D eigenvalue weighted by molar-refractivity contribution is 9.10. The molecule has 0 fully saturated rings. The van der Waals surface area contributed by atoms with Crippen LogP contribution in [0.5, 0.6) is 0 Å². The second kappa shape index (κ2) is 5.66. The standard InChI is InChI=1S/C14H23BrN2O2S/c1-13(2,3)9-14(4,5)17-20(18,19)10-6-7-12(16)11(15)8-10/h6-8,17H,9,16H2,1-5H3. The predicted molar refractivity (Wildman–Crippen MR) is 87.0 cm³/mol. The fourth-order valence-corrected chi connectivity index (χ4v) is 4.43. The van der Waals surface area contributed by atoms with Crippen molar-refractivity contribution in [3.8, 4) is 0 Å². The molecule has 1 rings (SSSR count). The van der Waals surface area contributed by atoms with Crippen LogP contribution in [0.2, 0.25) is 0 Å². The van der Waals surface area contributed by atoms with E-state index in [0.29, 0.717) is 10.2 Å². The van der Waals surface area contributed by atoms with Crippen LogP contribution in [-0.4, -0.2) is 14.0 Å². The molecule has 0 amide bonds. The van der Waals surface area contributed by atoms with Crippen LogP contribution in [0.25, 0.3) is 0 Å². The van der Waals surface area contributed by atoms with Gasteiger partial charge in [-0.05, 0) is 59.8 Å². The van der Waals surface area contributed by atoms with Gasteiger partial charge in [-0.25, -0.2) is 13.1 Å². The third-order valence-corrected chi connectivity index (χ3v) is 5.05. The predicted octanol–water partition coefficient (Wildman–Crippen LogP) is 3.52. The first-order chi connectivity index (χ1) is 8.82. The van der Waals surface area contributed by atoms with Gasteiger partial charge in [0.2, 0.25) is 10.0 Å². The van der Waals surface area contributed by atoms with Gasteiger partial charge in [0.15, 0.2) is 0 Å². The molecule has 0 saturated carbocycles. The van der Waals surface area contributed by atoms with Crippen molar-refractivity contribution >= 4 is 31.6 Å². The molecule has 0 atom stereocenters. The maximum atomic E-state index is 12.4. The zero-order valence-corrected chi connectivity index (χ0v) is 15.0. The van der Waals surface area contributed by atoms with E-state index < -0.39 is 15.6 Å². The second-order valence-electron chi connectivity index (χ2n) is 6.91. The Morgan fingerprint density at radius 2 is 1.75 bits per heavy atom. The summed E-state index contributed by atoms with van der Waals surface area (Å²) in [6.07, 6.45) is 0.732. The topological polar surface area (TPSA) is 72.2 Å². The van der Waals surface area contributed by atoms with Crippen LogP contribution in [-0.2, 0) is 10.0 Å². The van der Waals surface area contributed by atoms with E-state index in [0.717, 1.165) is 6.42 Å². The van der Waals surface area contributed by atoms with Gasteiger partial charge in [-0.2, -0.15) is 0 Å². The molecule has 20 heavy (non-hydrogen) atoms. The highest BCUT2D eigenvalue weighted by atomic mass is 79.9. The number of nitrogens with two attached hydrogens (primary N) is 1. The van der Waals surface area contributed by atoms with Crippen molar-refractivity contribution < 1.29 is 8.42 Å². The van der Waals surface area contributed by atoms with E-state index in [1.165, 1.54) is 12.1 Å². The molecule has 1 aromatic carbocycles.